The van der Waals surface area contributed by atoms with Crippen LogP contribution in [0, 0.1) is 11.8 Å². The van der Waals surface area contributed by atoms with Crippen molar-refractivity contribution in [1.82, 2.24) is 0 Å². The highest BCUT2D eigenvalue weighted by atomic mass is 16.3. The van der Waals surface area contributed by atoms with E-state index in [4.69, 9.17) is 0 Å². The first kappa shape index (κ1) is 11.1. The molecule has 1 aliphatic rings. The highest BCUT2D eigenvalue weighted by Crippen LogP contribution is 2.16. The highest BCUT2D eigenvalue weighted by Gasteiger charge is 2.01. The fraction of sp³-hybridized carbons (Fsp3) is 0.538. The van der Waals surface area contributed by atoms with Gasteiger partial charge in [0.2, 0.25) is 0 Å². The van der Waals surface area contributed by atoms with Crippen molar-refractivity contribution in [2.45, 2.75) is 44.6 Å². The molecule has 0 saturated heterocycles. The number of rotatable bonds is 3. The second kappa shape index (κ2) is 6.45. The Kier molecular flexibility index (Phi) is 5.11. The maximum atomic E-state index is 9.46. The lowest BCUT2D eigenvalue weighted by atomic mass is 10.00. The van der Waals surface area contributed by atoms with Crippen molar-refractivity contribution in [2.75, 3.05) is 0 Å². The summed E-state index contributed by atoms with van der Waals surface area (Å²) in [7, 11) is 0. The third-order valence-corrected chi connectivity index (χ3v) is 2.33. The lowest BCUT2D eigenvalue weighted by Gasteiger charge is -2.06. The van der Waals surface area contributed by atoms with E-state index in [2.05, 4.69) is 24.5 Å². The van der Waals surface area contributed by atoms with Crippen LogP contribution in [-0.2, 0) is 0 Å². The minimum atomic E-state index is -0.490. The van der Waals surface area contributed by atoms with E-state index < -0.39 is 6.10 Å². The van der Waals surface area contributed by atoms with Crippen molar-refractivity contribution in [2.24, 2.45) is 0 Å². The van der Waals surface area contributed by atoms with E-state index >= 15 is 0 Å². The second-order valence-electron chi connectivity index (χ2n) is 3.63. The van der Waals surface area contributed by atoms with Crippen LogP contribution in [0.3, 0.4) is 0 Å². The molecule has 0 spiro atoms. The average molecular weight is 190 g/mol. The van der Waals surface area contributed by atoms with Gasteiger partial charge < -0.3 is 5.11 Å². The molecule has 1 heteroatoms. The van der Waals surface area contributed by atoms with Crippen molar-refractivity contribution in [3.05, 3.63) is 24.3 Å². The van der Waals surface area contributed by atoms with Crippen LogP contribution in [0.25, 0.3) is 0 Å². The third-order valence-electron chi connectivity index (χ3n) is 2.33. The number of aliphatic hydroxyl groups is 1. The van der Waals surface area contributed by atoms with Gasteiger partial charge >= 0.3 is 0 Å². The summed E-state index contributed by atoms with van der Waals surface area (Å²) in [5.41, 5.74) is 1.20. The van der Waals surface area contributed by atoms with Gasteiger partial charge in [-0.25, -0.2) is 0 Å². The van der Waals surface area contributed by atoms with Gasteiger partial charge in [0.25, 0.3) is 0 Å². The van der Waals surface area contributed by atoms with Gasteiger partial charge in [0.15, 0.2) is 0 Å². The fourth-order valence-corrected chi connectivity index (χ4v) is 1.48. The summed E-state index contributed by atoms with van der Waals surface area (Å²) in [6, 6.07) is 0. The summed E-state index contributed by atoms with van der Waals surface area (Å²) in [6.45, 7) is 3.61. The van der Waals surface area contributed by atoms with Crippen LogP contribution in [0.15, 0.2) is 24.3 Å². The molecule has 76 valence electrons. The molecule has 1 nitrogen and oxygen atoms in total. The Bertz CT molecular complexity index is 265. The predicted octanol–water partition coefficient (Wildman–Crippen LogP) is 2.82. The summed E-state index contributed by atoms with van der Waals surface area (Å²) >= 11 is 0. The minimum Gasteiger partial charge on any atom is -0.380 e. The van der Waals surface area contributed by atoms with E-state index in [1.807, 2.05) is 6.08 Å². The van der Waals surface area contributed by atoms with E-state index in [1.54, 1.807) is 0 Å². The molecule has 0 aromatic carbocycles. The van der Waals surface area contributed by atoms with Gasteiger partial charge in [-0.2, -0.15) is 0 Å². The quantitative estimate of drug-likeness (QED) is 0.536. The van der Waals surface area contributed by atoms with Crippen molar-refractivity contribution in [3.63, 3.8) is 0 Å². The van der Waals surface area contributed by atoms with Crippen molar-refractivity contribution >= 4 is 0 Å². The molecule has 0 amide bonds. The largest absolute Gasteiger partial charge is 0.380 e. The molecule has 1 aliphatic carbocycles. The zero-order valence-corrected chi connectivity index (χ0v) is 8.63. The molecule has 1 atom stereocenters. The molecule has 0 heterocycles. The smallest absolute Gasteiger partial charge is 0.115 e. The van der Waals surface area contributed by atoms with E-state index in [9.17, 15) is 5.11 Å². The number of hydrogen-bond acceptors (Lipinski definition) is 1. The van der Waals surface area contributed by atoms with E-state index in [-0.39, 0.29) is 0 Å². The summed E-state index contributed by atoms with van der Waals surface area (Å²) in [6.07, 6.45) is 9.79. The predicted molar refractivity (Wildman–Crippen MR) is 59.8 cm³/mol. The van der Waals surface area contributed by atoms with Crippen LogP contribution in [0.2, 0.25) is 0 Å². The SMILES string of the molecule is C=CCCC(O)C#CC1=CCCCC1. The molecule has 1 unspecified atom stereocenters. The van der Waals surface area contributed by atoms with Gasteiger partial charge in [-0.05, 0) is 44.1 Å². The van der Waals surface area contributed by atoms with Gasteiger partial charge in [-0.3, -0.25) is 0 Å². The van der Waals surface area contributed by atoms with Gasteiger partial charge in [0.05, 0.1) is 0 Å². The second-order valence-corrected chi connectivity index (χ2v) is 3.63. The molecule has 0 saturated carbocycles. The fourth-order valence-electron chi connectivity index (χ4n) is 1.48. The average Bonchev–Trinajstić information content (AvgIpc) is 2.25. The van der Waals surface area contributed by atoms with Crippen LogP contribution < -0.4 is 0 Å². The third kappa shape index (κ3) is 4.30. The lowest BCUT2D eigenvalue weighted by Crippen LogP contribution is -2.01. The van der Waals surface area contributed by atoms with Crippen LogP contribution in [0.5, 0.6) is 0 Å². The maximum absolute atomic E-state index is 9.46. The zero-order chi connectivity index (χ0) is 10.2. The molecule has 0 radical (unpaired) electrons. The van der Waals surface area contributed by atoms with Gasteiger partial charge in [-0.15, -0.1) is 6.58 Å². The molecular formula is C13H18O. The Labute approximate surface area is 86.5 Å². The van der Waals surface area contributed by atoms with Gasteiger partial charge in [0.1, 0.15) is 6.10 Å². The molecule has 14 heavy (non-hydrogen) atoms. The first-order chi connectivity index (χ1) is 6.83. The molecule has 0 bridgehead atoms. The van der Waals surface area contributed by atoms with Crippen molar-refractivity contribution < 1.29 is 5.11 Å². The molecule has 1 rings (SSSR count). The Hall–Kier alpha value is -1.00. The van der Waals surface area contributed by atoms with E-state index in [0.717, 1.165) is 19.3 Å². The Morgan fingerprint density at radius 1 is 1.57 bits per heavy atom. The molecule has 1 N–H and O–H groups in total. The Morgan fingerprint density at radius 3 is 3.07 bits per heavy atom. The Morgan fingerprint density at radius 2 is 2.43 bits per heavy atom. The van der Waals surface area contributed by atoms with E-state index in [1.165, 1.54) is 18.4 Å². The molecule has 0 aromatic heterocycles. The molecule has 0 aromatic rings. The first-order valence-corrected chi connectivity index (χ1v) is 5.32. The summed E-state index contributed by atoms with van der Waals surface area (Å²) in [4.78, 5) is 0. The number of allylic oxidation sites excluding steroid dienone is 3. The van der Waals surface area contributed by atoms with Gasteiger partial charge in [-0.1, -0.05) is 24.0 Å². The molecular weight excluding hydrogens is 172 g/mol. The lowest BCUT2D eigenvalue weighted by molar-refractivity contribution is 0.223. The zero-order valence-electron chi connectivity index (χ0n) is 8.63. The van der Waals surface area contributed by atoms with Crippen LogP contribution in [-0.4, -0.2) is 11.2 Å². The number of aliphatic hydroxyl groups excluding tert-OH is 1. The monoisotopic (exact) mass is 190 g/mol. The first-order valence-electron chi connectivity index (χ1n) is 5.32. The summed E-state index contributed by atoms with van der Waals surface area (Å²) in [5, 5.41) is 9.46. The van der Waals surface area contributed by atoms with Gasteiger partial charge in [0, 0.05) is 0 Å². The topological polar surface area (TPSA) is 20.2 Å². The Balaban J connectivity index is 2.36. The summed E-state index contributed by atoms with van der Waals surface area (Å²) in [5.74, 6) is 5.93. The molecule has 0 fully saturated rings. The highest BCUT2D eigenvalue weighted by molar-refractivity contribution is 5.30. The van der Waals surface area contributed by atoms with Crippen LogP contribution in [0.4, 0.5) is 0 Å². The maximum Gasteiger partial charge on any atom is 0.115 e. The van der Waals surface area contributed by atoms with Crippen LogP contribution >= 0.6 is 0 Å². The van der Waals surface area contributed by atoms with Crippen molar-refractivity contribution in [3.8, 4) is 11.8 Å². The van der Waals surface area contributed by atoms with Crippen molar-refractivity contribution in [1.29, 1.82) is 0 Å². The van der Waals surface area contributed by atoms with Crippen LogP contribution in [0.1, 0.15) is 38.5 Å². The normalized spacial score (nSPS) is 17.6. The summed E-state index contributed by atoms with van der Waals surface area (Å²) < 4.78 is 0. The molecule has 0 aliphatic heterocycles. The standard InChI is InChI=1S/C13H18O/c1-2-3-9-13(14)11-10-12-7-5-4-6-8-12/h2,7,13-14H,1,3-6,8-9H2. The minimum absolute atomic E-state index is 0.490. The van der Waals surface area contributed by atoms with E-state index in [0.29, 0.717) is 6.42 Å². The number of hydrogen-bond donors (Lipinski definition) is 1.